The minimum absolute atomic E-state index is 0.723. The van der Waals surface area contributed by atoms with Crippen LogP contribution in [0.15, 0.2) is 6.20 Å². The fourth-order valence-electron chi connectivity index (χ4n) is 0.813. The molecule has 0 fully saturated rings. The molecule has 0 aliphatic rings. The number of thiazole rings is 1. The molecule has 0 atom stereocenters. The number of hydrogen-bond donors (Lipinski definition) is 1. The number of aromatic nitrogens is 1. The van der Waals surface area contributed by atoms with Crippen LogP contribution in [-0.2, 0) is 11.2 Å². The van der Waals surface area contributed by atoms with Crippen molar-refractivity contribution in [2.24, 2.45) is 0 Å². The lowest BCUT2D eigenvalue weighted by molar-refractivity contribution is 0.211. The smallest absolute Gasteiger partial charge is 0.182 e. The van der Waals surface area contributed by atoms with Crippen molar-refractivity contribution in [2.75, 3.05) is 25.6 Å². The van der Waals surface area contributed by atoms with Gasteiger partial charge in [0.05, 0.1) is 6.61 Å². The van der Waals surface area contributed by atoms with Crippen molar-refractivity contribution in [1.82, 2.24) is 4.98 Å². The van der Waals surface area contributed by atoms with Gasteiger partial charge in [-0.2, -0.15) is 0 Å². The second kappa shape index (κ2) is 5.11. The highest BCUT2D eigenvalue weighted by Gasteiger charge is 1.97. The summed E-state index contributed by atoms with van der Waals surface area (Å²) in [6.45, 7) is 3.68. The van der Waals surface area contributed by atoms with E-state index in [9.17, 15) is 0 Å². The molecule has 0 radical (unpaired) electrons. The number of aryl methyl sites for hydroxylation is 1. The van der Waals surface area contributed by atoms with Crippen LogP contribution in [-0.4, -0.2) is 25.2 Å². The average Bonchev–Trinajstić information content (AvgIpc) is 2.53. The molecule has 3 nitrogen and oxygen atoms in total. The molecular weight excluding hydrogens is 172 g/mol. The predicted molar refractivity (Wildman–Crippen MR) is 51.9 cm³/mol. The zero-order valence-electron chi connectivity index (χ0n) is 7.46. The summed E-state index contributed by atoms with van der Waals surface area (Å²) in [6, 6.07) is 0. The first-order valence-electron chi connectivity index (χ1n) is 4.04. The Morgan fingerprint density at radius 3 is 3.08 bits per heavy atom. The Morgan fingerprint density at radius 1 is 1.67 bits per heavy atom. The molecule has 1 aromatic heterocycles. The fourth-order valence-corrected chi connectivity index (χ4v) is 1.59. The van der Waals surface area contributed by atoms with Crippen molar-refractivity contribution in [2.45, 2.75) is 13.3 Å². The number of nitrogens with one attached hydrogen (secondary N) is 1. The largest absolute Gasteiger partial charge is 0.383 e. The van der Waals surface area contributed by atoms with Crippen molar-refractivity contribution < 1.29 is 4.74 Å². The zero-order valence-corrected chi connectivity index (χ0v) is 8.28. The van der Waals surface area contributed by atoms with Gasteiger partial charge in [0.2, 0.25) is 0 Å². The second-order valence-corrected chi connectivity index (χ2v) is 3.52. The van der Waals surface area contributed by atoms with Crippen LogP contribution in [0.1, 0.15) is 11.8 Å². The molecule has 68 valence electrons. The maximum atomic E-state index is 4.91. The summed E-state index contributed by atoms with van der Waals surface area (Å²) >= 11 is 1.71. The quantitative estimate of drug-likeness (QED) is 0.711. The number of methoxy groups -OCH3 is 1. The summed E-state index contributed by atoms with van der Waals surface area (Å²) in [5, 5.41) is 4.17. The third-order valence-electron chi connectivity index (χ3n) is 1.48. The van der Waals surface area contributed by atoms with Crippen molar-refractivity contribution in [1.29, 1.82) is 0 Å². The molecule has 0 saturated heterocycles. The van der Waals surface area contributed by atoms with Gasteiger partial charge in [0.25, 0.3) is 0 Å². The Balaban J connectivity index is 2.31. The summed E-state index contributed by atoms with van der Waals surface area (Å²) in [5.74, 6) is 0. The van der Waals surface area contributed by atoms with Crippen LogP contribution in [0.3, 0.4) is 0 Å². The average molecular weight is 186 g/mol. The van der Waals surface area contributed by atoms with E-state index in [1.165, 1.54) is 4.88 Å². The van der Waals surface area contributed by atoms with E-state index in [4.69, 9.17) is 4.74 Å². The molecule has 1 rings (SSSR count). The SMILES string of the molecule is CCc1cnc(NCCOC)s1. The molecule has 0 aliphatic carbocycles. The Hall–Kier alpha value is -0.610. The number of ether oxygens (including phenoxy) is 1. The standard InChI is InChI=1S/C8H14N2OS/c1-3-7-6-10-8(12-7)9-4-5-11-2/h6H,3-5H2,1-2H3,(H,9,10). The van der Waals surface area contributed by atoms with Crippen LogP contribution in [0.4, 0.5) is 5.13 Å². The molecule has 0 saturated carbocycles. The van der Waals surface area contributed by atoms with E-state index in [1.807, 2.05) is 6.20 Å². The summed E-state index contributed by atoms with van der Waals surface area (Å²) < 4.78 is 4.91. The fraction of sp³-hybridized carbons (Fsp3) is 0.625. The van der Waals surface area contributed by atoms with Crippen LogP contribution in [0, 0.1) is 0 Å². The number of rotatable bonds is 5. The first-order chi connectivity index (χ1) is 5.86. The van der Waals surface area contributed by atoms with Crippen LogP contribution in [0.25, 0.3) is 0 Å². The Kier molecular flexibility index (Phi) is 4.04. The Morgan fingerprint density at radius 2 is 2.50 bits per heavy atom. The molecule has 0 unspecified atom stereocenters. The molecule has 1 N–H and O–H groups in total. The third-order valence-corrected chi connectivity index (χ3v) is 2.58. The maximum Gasteiger partial charge on any atom is 0.182 e. The molecule has 0 bridgehead atoms. The van der Waals surface area contributed by atoms with Gasteiger partial charge in [0.15, 0.2) is 5.13 Å². The molecule has 4 heteroatoms. The van der Waals surface area contributed by atoms with Gasteiger partial charge in [-0.15, -0.1) is 11.3 Å². The first-order valence-corrected chi connectivity index (χ1v) is 4.86. The topological polar surface area (TPSA) is 34.2 Å². The van der Waals surface area contributed by atoms with Crippen molar-refractivity contribution in [3.05, 3.63) is 11.1 Å². The van der Waals surface area contributed by atoms with E-state index in [-0.39, 0.29) is 0 Å². The van der Waals surface area contributed by atoms with E-state index in [1.54, 1.807) is 18.4 Å². The molecule has 0 aromatic carbocycles. The number of anilines is 1. The normalized spacial score (nSPS) is 10.2. The summed E-state index contributed by atoms with van der Waals surface area (Å²) in [7, 11) is 1.70. The predicted octanol–water partition coefficient (Wildman–Crippen LogP) is 1.76. The minimum Gasteiger partial charge on any atom is -0.383 e. The van der Waals surface area contributed by atoms with Gasteiger partial charge in [-0.3, -0.25) is 0 Å². The molecule has 0 aliphatic heterocycles. The summed E-state index contributed by atoms with van der Waals surface area (Å²) in [6.07, 6.45) is 2.98. The first kappa shape index (κ1) is 9.48. The minimum atomic E-state index is 0.723. The lowest BCUT2D eigenvalue weighted by Gasteiger charge is -1.99. The number of nitrogens with zero attached hydrogens (tertiary/aromatic N) is 1. The van der Waals surface area contributed by atoms with Gasteiger partial charge in [0, 0.05) is 24.7 Å². The lowest BCUT2D eigenvalue weighted by atomic mass is 10.4. The highest BCUT2D eigenvalue weighted by Crippen LogP contribution is 2.17. The number of hydrogen-bond acceptors (Lipinski definition) is 4. The Labute approximate surface area is 76.8 Å². The van der Waals surface area contributed by atoms with Crippen molar-refractivity contribution >= 4 is 16.5 Å². The van der Waals surface area contributed by atoms with E-state index >= 15 is 0 Å². The molecule has 1 heterocycles. The van der Waals surface area contributed by atoms with E-state index < -0.39 is 0 Å². The zero-order chi connectivity index (χ0) is 8.81. The summed E-state index contributed by atoms with van der Waals surface area (Å²) in [5.41, 5.74) is 0. The van der Waals surface area contributed by atoms with Crippen LogP contribution in [0.5, 0.6) is 0 Å². The van der Waals surface area contributed by atoms with Crippen LogP contribution >= 0.6 is 11.3 Å². The van der Waals surface area contributed by atoms with E-state index in [0.717, 1.165) is 24.7 Å². The van der Waals surface area contributed by atoms with E-state index in [2.05, 4.69) is 17.2 Å². The second-order valence-electron chi connectivity index (χ2n) is 2.40. The monoisotopic (exact) mass is 186 g/mol. The summed E-state index contributed by atoms with van der Waals surface area (Å²) in [4.78, 5) is 5.53. The van der Waals surface area contributed by atoms with Crippen LogP contribution in [0.2, 0.25) is 0 Å². The molecule has 12 heavy (non-hydrogen) atoms. The van der Waals surface area contributed by atoms with Gasteiger partial charge < -0.3 is 10.1 Å². The van der Waals surface area contributed by atoms with Gasteiger partial charge in [-0.25, -0.2) is 4.98 Å². The lowest BCUT2D eigenvalue weighted by Crippen LogP contribution is -2.06. The molecule has 1 aromatic rings. The highest BCUT2D eigenvalue weighted by molar-refractivity contribution is 7.15. The van der Waals surface area contributed by atoms with Gasteiger partial charge in [-0.1, -0.05) is 6.92 Å². The maximum absolute atomic E-state index is 4.91. The van der Waals surface area contributed by atoms with Gasteiger partial charge in [0.1, 0.15) is 0 Å². The highest BCUT2D eigenvalue weighted by atomic mass is 32.1. The van der Waals surface area contributed by atoms with Gasteiger partial charge in [-0.05, 0) is 6.42 Å². The third kappa shape index (κ3) is 2.79. The van der Waals surface area contributed by atoms with E-state index in [0.29, 0.717) is 0 Å². The van der Waals surface area contributed by atoms with Gasteiger partial charge >= 0.3 is 0 Å². The van der Waals surface area contributed by atoms with Crippen molar-refractivity contribution in [3.63, 3.8) is 0 Å². The molecule has 0 spiro atoms. The van der Waals surface area contributed by atoms with Crippen LogP contribution < -0.4 is 5.32 Å². The van der Waals surface area contributed by atoms with Crippen molar-refractivity contribution in [3.8, 4) is 0 Å². The Bertz CT molecular complexity index is 225. The molecule has 0 amide bonds. The molecular formula is C8H14N2OS.